The lowest BCUT2D eigenvalue weighted by Crippen LogP contribution is -2.29. The van der Waals surface area contributed by atoms with Crippen LogP contribution in [0.5, 0.6) is 5.75 Å². The molecule has 3 rings (SSSR count). The van der Waals surface area contributed by atoms with Crippen molar-refractivity contribution in [3.05, 3.63) is 54.1 Å². The molecule has 0 aliphatic carbocycles. The van der Waals surface area contributed by atoms with Crippen molar-refractivity contribution in [3.8, 4) is 16.9 Å². The van der Waals surface area contributed by atoms with E-state index in [0.717, 1.165) is 41.5 Å². The minimum Gasteiger partial charge on any atom is -0.492 e. The summed E-state index contributed by atoms with van der Waals surface area (Å²) in [6.07, 6.45) is 3.96. The summed E-state index contributed by atoms with van der Waals surface area (Å²) in [5.41, 5.74) is 2.99. The lowest BCUT2D eigenvalue weighted by molar-refractivity contribution is 0.101. The van der Waals surface area contributed by atoms with Crippen LogP contribution in [0.1, 0.15) is 43.5 Å². The molecule has 0 radical (unpaired) electrons. The molecule has 2 aromatic rings. The van der Waals surface area contributed by atoms with Gasteiger partial charge in [-0.1, -0.05) is 43.3 Å². The molecule has 26 heavy (non-hydrogen) atoms. The maximum atomic E-state index is 11.4. The van der Waals surface area contributed by atoms with Crippen LogP contribution in [-0.2, 0) is 0 Å². The molecule has 3 nitrogen and oxygen atoms in total. The molecule has 0 saturated carbocycles. The second-order valence-corrected chi connectivity index (χ2v) is 7.38. The monoisotopic (exact) mass is 351 g/mol. The highest BCUT2D eigenvalue weighted by molar-refractivity contribution is 5.94. The highest BCUT2D eigenvalue weighted by Gasteiger charge is 2.13. The lowest BCUT2D eigenvalue weighted by Gasteiger charge is -2.20. The maximum Gasteiger partial charge on any atom is 0.159 e. The van der Waals surface area contributed by atoms with E-state index in [2.05, 4.69) is 24.0 Å². The average Bonchev–Trinajstić information content (AvgIpc) is 2.87. The number of ketones is 1. The quantitative estimate of drug-likeness (QED) is 0.682. The van der Waals surface area contributed by atoms with Crippen molar-refractivity contribution < 1.29 is 9.53 Å². The van der Waals surface area contributed by atoms with E-state index in [1.54, 1.807) is 6.92 Å². The van der Waals surface area contributed by atoms with E-state index in [0.29, 0.717) is 0 Å². The van der Waals surface area contributed by atoms with Gasteiger partial charge in [-0.25, -0.2) is 0 Å². The lowest BCUT2D eigenvalue weighted by atomic mass is 10.0. The minimum atomic E-state index is 0.0964. The van der Waals surface area contributed by atoms with Gasteiger partial charge in [0.05, 0.1) is 0 Å². The number of hydrogen-bond donors (Lipinski definition) is 0. The molecule has 1 atom stereocenters. The molecule has 1 aliphatic heterocycles. The Balaban J connectivity index is 1.50. The predicted molar refractivity (Wildman–Crippen MR) is 107 cm³/mol. The van der Waals surface area contributed by atoms with E-state index in [-0.39, 0.29) is 5.78 Å². The van der Waals surface area contributed by atoms with Crippen LogP contribution in [0.4, 0.5) is 0 Å². The number of rotatable bonds is 6. The summed E-state index contributed by atoms with van der Waals surface area (Å²) in [5, 5.41) is 0. The van der Waals surface area contributed by atoms with Crippen molar-refractivity contribution in [2.45, 2.75) is 33.1 Å². The van der Waals surface area contributed by atoms with Gasteiger partial charge in [-0.2, -0.15) is 0 Å². The Morgan fingerprint density at radius 3 is 2.31 bits per heavy atom. The fourth-order valence-corrected chi connectivity index (χ4v) is 3.48. The van der Waals surface area contributed by atoms with Crippen LogP contribution < -0.4 is 4.74 Å². The highest BCUT2D eigenvalue weighted by atomic mass is 16.5. The molecule has 0 spiro atoms. The topological polar surface area (TPSA) is 29.5 Å². The zero-order valence-electron chi connectivity index (χ0n) is 15.9. The Labute approximate surface area is 157 Å². The summed E-state index contributed by atoms with van der Waals surface area (Å²) in [6.45, 7) is 8.08. The van der Waals surface area contributed by atoms with Gasteiger partial charge in [0.15, 0.2) is 5.78 Å². The van der Waals surface area contributed by atoms with Crippen LogP contribution in [0.25, 0.3) is 11.1 Å². The molecular formula is C23H29NO2. The second-order valence-electron chi connectivity index (χ2n) is 7.38. The van der Waals surface area contributed by atoms with Gasteiger partial charge in [0.2, 0.25) is 0 Å². The van der Waals surface area contributed by atoms with Gasteiger partial charge >= 0.3 is 0 Å². The van der Waals surface area contributed by atoms with Crippen LogP contribution in [0.2, 0.25) is 0 Å². The Kier molecular flexibility index (Phi) is 6.45. The number of benzene rings is 2. The van der Waals surface area contributed by atoms with E-state index in [1.165, 1.54) is 32.4 Å². The van der Waals surface area contributed by atoms with Crippen molar-refractivity contribution in [2.75, 3.05) is 26.2 Å². The third-order valence-electron chi connectivity index (χ3n) is 5.26. The Bertz CT molecular complexity index is 706. The molecule has 0 N–H and O–H groups in total. The zero-order valence-corrected chi connectivity index (χ0v) is 15.9. The number of likely N-dealkylation sites (tertiary alicyclic amines) is 1. The molecule has 0 amide bonds. The fourth-order valence-electron chi connectivity index (χ4n) is 3.48. The van der Waals surface area contributed by atoms with E-state index in [1.807, 2.05) is 36.4 Å². The molecule has 0 bridgehead atoms. The first-order valence-corrected chi connectivity index (χ1v) is 9.68. The summed E-state index contributed by atoms with van der Waals surface area (Å²) in [5.74, 6) is 1.87. The minimum absolute atomic E-state index is 0.0964. The molecule has 0 aromatic heterocycles. The molecular weight excluding hydrogens is 322 g/mol. The van der Waals surface area contributed by atoms with E-state index < -0.39 is 0 Å². The van der Waals surface area contributed by atoms with Crippen molar-refractivity contribution >= 4 is 5.78 Å². The molecule has 2 aromatic carbocycles. The summed E-state index contributed by atoms with van der Waals surface area (Å²) in [6, 6.07) is 15.9. The standard InChI is InChI=1S/C23H29NO2/c1-18-4-3-14-24(15-13-18)16-17-26-23-11-9-22(10-12-23)21-7-5-20(6-8-21)19(2)25/h5-12,18H,3-4,13-17H2,1-2H3. The number of ether oxygens (including phenoxy) is 1. The second kappa shape index (κ2) is 9.00. The molecule has 1 aliphatic rings. The van der Waals surface area contributed by atoms with Gasteiger partial charge in [-0.3, -0.25) is 9.69 Å². The molecule has 138 valence electrons. The predicted octanol–water partition coefficient (Wildman–Crippen LogP) is 5.06. The van der Waals surface area contributed by atoms with Crippen molar-refractivity contribution in [3.63, 3.8) is 0 Å². The van der Waals surface area contributed by atoms with Crippen molar-refractivity contribution in [1.29, 1.82) is 0 Å². The summed E-state index contributed by atoms with van der Waals surface area (Å²) in [4.78, 5) is 13.9. The summed E-state index contributed by atoms with van der Waals surface area (Å²) >= 11 is 0. The molecule has 1 heterocycles. The van der Waals surface area contributed by atoms with Crippen LogP contribution in [-0.4, -0.2) is 36.9 Å². The first-order valence-electron chi connectivity index (χ1n) is 9.68. The third kappa shape index (κ3) is 5.18. The van der Waals surface area contributed by atoms with Crippen LogP contribution >= 0.6 is 0 Å². The first-order chi connectivity index (χ1) is 12.6. The SMILES string of the molecule is CC(=O)c1ccc(-c2ccc(OCCN3CCCC(C)CC3)cc2)cc1. The molecule has 1 unspecified atom stereocenters. The summed E-state index contributed by atoms with van der Waals surface area (Å²) < 4.78 is 5.93. The average molecular weight is 351 g/mol. The van der Waals surface area contributed by atoms with Crippen LogP contribution in [0, 0.1) is 5.92 Å². The van der Waals surface area contributed by atoms with E-state index >= 15 is 0 Å². The van der Waals surface area contributed by atoms with Gasteiger partial charge in [0.25, 0.3) is 0 Å². The van der Waals surface area contributed by atoms with E-state index in [9.17, 15) is 4.79 Å². The normalized spacial score (nSPS) is 18.3. The highest BCUT2D eigenvalue weighted by Crippen LogP contribution is 2.23. The fraction of sp³-hybridized carbons (Fsp3) is 0.435. The van der Waals surface area contributed by atoms with Gasteiger partial charge in [-0.05, 0) is 68.5 Å². The number of carbonyl (C=O) groups excluding carboxylic acids is 1. The number of hydrogen-bond acceptors (Lipinski definition) is 3. The number of Topliss-reactive ketones (excluding diaryl/α,β-unsaturated/α-hetero) is 1. The van der Waals surface area contributed by atoms with Crippen LogP contribution in [0.3, 0.4) is 0 Å². The largest absolute Gasteiger partial charge is 0.492 e. The van der Waals surface area contributed by atoms with Gasteiger partial charge in [0.1, 0.15) is 12.4 Å². The van der Waals surface area contributed by atoms with Gasteiger partial charge in [-0.15, -0.1) is 0 Å². The van der Waals surface area contributed by atoms with Gasteiger partial charge < -0.3 is 4.74 Å². The zero-order chi connectivity index (χ0) is 18.4. The smallest absolute Gasteiger partial charge is 0.159 e. The molecule has 1 fully saturated rings. The van der Waals surface area contributed by atoms with E-state index in [4.69, 9.17) is 4.74 Å². The maximum absolute atomic E-state index is 11.4. The van der Waals surface area contributed by atoms with Crippen molar-refractivity contribution in [2.24, 2.45) is 5.92 Å². The Hall–Kier alpha value is -2.13. The molecule has 3 heteroatoms. The number of nitrogens with zero attached hydrogens (tertiary/aromatic N) is 1. The van der Waals surface area contributed by atoms with Gasteiger partial charge in [0, 0.05) is 12.1 Å². The summed E-state index contributed by atoms with van der Waals surface area (Å²) in [7, 11) is 0. The Morgan fingerprint density at radius 1 is 1.00 bits per heavy atom. The number of carbonyl (C=O) groups is 1. The first kappa shape index (κ1) is 18.7. The van der Waals surface area contributed by atoms with Crippen molar-refractivity contribution in [1.82, 2.24) is 4.90 Å². The van der Waals surface area contributed by atoms with Crippen LogP contribution in [0.15, 0.2) is 48.5 Å². The molecule has 1 saturated heterocycles. The third-order valence-corrected chi connectivity index (χ3v) is 5.26. The Morgan fingerprint density at radius 2 is 1.65 bits per heavy atom.